The Hall–Kier alpha value is -1.76. The Labute approximate surface area is 122 Å². The van der Waals surface area contributed by atoms with Crippen molar-refractivity contribution < 1.29 is 9.53 Å². The van der Waals surface area contributed by atoms with Crippen LogP contribution in [-0.2, 0) is 9.53 Å². The van der Waals surface area contributed by atoms with Gasteiger partial charge in [0.1, 0.15) is 11.6 Å². The maximum absolute atomic E-state index is 11.8. The summed E-state index contributed by atoms with van der Waals surface area (Å²) >= 11 is 0. The van der Waals surface area contributed by atoms with Crippen molar-refractivity contribution in [3.63, 3.8) is 0 Å². The summed E-state index contributed by atoms with van der Waals surface area (Å²) in [5, 5.41) is 8.95. The number of hydrogen-bond donors (Lipinski definition) is 0. The summed E-state index contributed by atoms with van der Waals surface area (Å²) in [5.41, 5.74) is 0.0310. The summed E-state index contributed by atoms with van der Waals surface area (Å²) in [4.78, 5) is 13.6. The Kier molecular flexibility index (Phi) is 10.1. The van der Waals surface area contributed by atoms with E-state index in [-0.39, 0.29) is 11.7 Å². The molecule has 0 heterocycles. The standard InChI is InChI=1S/C16H26N2O2/c1-5-6-7-8-10-14(2)20-16(19)15(13-17)11-9-12-18(3)4/h9,11-12,14H,5-8,10H2,1-4H3/b12-9+,15-11+. The number of carbonyl (C=O) groups is 1. The van der Waals surface area contributed by atoms with E-state index in [1.807, 2.05) is 32.0 Å². The summed E-state index contributed by atoms with van der Waals surface area (Å²) in [7, 11) is 3.74. The van der Waals surface area contributed by atoms with Crippen LogP contribution in [0.15, 0.2) is 23.9 Å². The topological polar surface area (TPSA) is 53.3 Å². The average molecular weight is 278 g/mol. The van der Waals surface area contributed by atoms with Crippen LogP contribution in [0, 0.1) is 11.3 Å². The predicted octanol–water partition coefficient (Wildman–Crippen LogP) is 3.41. The van der Waals surface area contributed by atoms with E-state index in [1.165, 1.54) is 18.9 Å². The van der Waals surface area contributed by atoms with Gasteiger partial charge in [0.2, 0.25) is 0 Å². The first-order valence-electron chi connectivity index (χ1n) is 7.17. The van der Waals surface area contributed by atoms with Crippen molar-refractivity contribution in [3.8, 4) is 6.07 Å². The van der Waals surface area contributed by atoms with Crippen LogP contribution in [0.5, 0.6) is 0 Å². The Morgan fingerprint density at radius 2 is 2.05 bits per heavy atom. The first-order chi connectivity index (χ1) is 9.51. The number of ether oxygens (including phenoxy) is 1. The first kappa shape index (κ1) is 18.2. The van der Waals surface area contributed by atoms with Gasteiger partial charge in [-0.05, 0) is 38.1 Å². The normalized spacial score (nSPS) is 13.1. The Morgan fingerprint density at radius 3 is 2.60 bits per heavy atom. The molecule has 20 heavy (non-hydrogen) atoms. The molecule has 0 aromatic heterocycles. The second-order valence-electron chi connectivity index (χ2n) is 5.06. The van der Waals surface area contributed by atoms with Crippen molar-refractivity contribution in [3.05, 3.63) is 23.9 Å². The van der Waals surface area contributed by atoms with Crippen molar-refractivity contribution in [1.29, 1.82) is 5.26 Å². The van der Waals surface area contributed by atoms with Gasteiger partial charge >= 0.3 is 5.97 Å². The van der Waals surface area contributed by atoms with Crippen molar-refractivity contribution >= 4 is 5.97 Å². The maximum atomic E-state index is 11.8. The summed E-state index contributed by atoms with van der Waals surface area (Å²) in [6.07, 6.45) is 10.2. The highest BCUT2D eigenvalue weighted by atomic mass is 16.5. The lowest BCUT2D eigenvalue weighted by molar-refractivity contribution is -0.143. The second kappa shape index (κ2) is 11.1. The third-order valence-corrected chi connectivity index (χ3v) is 2.76. The molecule has 0 aliphatic heterocycles. The molecule has 1 atom stereocenters. The third-order valence-electron chi connectivity index (χ3n) is 2.76. The Morgan fingerprint density at radius 1 is 1.35 bits per heavy atom. The molecule has 0 rings (SSSR count). The van der Waals surface area contributed by atoms with Crippen LogP contribution >= 0.6 is 0 Å². The Bertz CT molecular complexity index is 378. The average Bonchev–Trinajstić information content (AvgIpc) is 2.39. The quantitative estimate of drug-likeness (QED) is 0.213. The number of esters is 1. The van der Waals surface area contributed by atoms with Crippen LogP contribution in [0.1, 0.15) is 46.0 Å². The first-order valence-corrected chi connectivity index (χ1v) is 7.17. The third kappa shape index (κ3) is 9.21. The van der Waals surface area contributed by atoms with E-state index in [4.69, 9.17) is 10.00 Å². The van der Waals surface area contributed by atoms with Gasteiger partial charge in [-0.1, -0.05) is 26.2 Å². The molecule has 4 nitrogen and oxygen atoms in total. The van der Waals surface area contributed by atoms with Gasteiger partial charge in [0.15, 0.2) is 0 Å². The van der Waals surface area contributed by atoms with E-state index in [9.17, 15) is 4.79 Å². The molecule has 0 saturated heterocycles. The van der Waals surface area contributed by atoms with Gasteiger partial charge < -0.3 is 9.64 Å². The molecule has 0 fully saturated rings. The SMILES string of the molecule is CCCCCCC(C)OC(=O)/C(C#N)=C/C=C/N(C)C. The molecule has 0 aliphatic rings. The molecule has 0 aromatic rings. The molecule has 0 bridgehead atoms. The zero-order chi connectivity index (χ0) is 15.4. The number of rotatable bonds is 9. The highest BCUT2D eigenvalue weighted by molar-refractivity contribution is 5.93. The van der Waals surface area contributed by atoms with Gasteiger partial charge in [-0.25, -0.2) is 4.79 Å². The van der Waals surface area contributed by atoms with E-state index in [2.05, 4.69) is 6.92 Å². The molecule has 0 amide bonds. The fourth-order valence-electron chi connectivity index (χ4n) is 1.63. The smallest absolute Gasteiger partial charge is 0.349 e. The molecule has 112 valence electrons. The van der Waals surface area contributed by atoms with Crippen molar-refractivity contribution in [1.82, 2.24) is 4.90 Å². The Balaban J connectivity index is 4.25. The van der Waals surface area contributed by atoms with Crippen LogP contribution in [0.3, 0.4) is 0 Å². The second-order valence-corrected chi connectivity index (χ2v) is 5.06. The molecule has 4 heteroatoms. The molecule has 1 unspecified atom stereocenters. The van der Waals surface area contributed by atoms with E-state index in [1.54, 1.807) is 12.3 Å². The van der Waals surface area contributed by atoms with Crippen LogP contribution in [0.4, 0.5) is 0 Å². The van der Waals surface area contributed by atoms with Gasteiger partial charge in [0.05, 0.1) is 6.10 Å². The summed E-state index contributed by atoms with van der Waals surface area (Å²) in [5.74, 6) is -0.543. The van der Waals surface area contributed by atoms with Gasteiger partial charge in [-0.3, -0.25) is 0 Å². The molecular weight excluding hydrogens is 252 g/mol. The van der Waals surface area contributed by atoms with Crippen LogP contribution in [0.25, 0.3) is 0 Å². The number of hydrogen-bond acceptors (Lipinski definition) is 4. The highest BCUT2D eigenvalue weighted by Gasteiger charge is 2.13. The van der Waals surface area contributed by atoms with Crippen LogP contribution < -0.4 is 0 Å². The number of nitriles is 1. The summed E-state index contributed by atoms with van der Waals surface area (Å²) < 4.78 is 5.26. The van der Waals surface area contributed by atoms with E-state index < -0.39 is 5.97 Å². The minimum atomic E-state index is -0.543. The molecular formula is C16H26N2O2. The van der Waals surface area contributed by atoms with E-state index >= 15 is 0 Å². The zero-order valence-electron chi connectivity index (χ0n) is 13.1. The van der Waals surface area contributed by atoms with Crippen molar-refractivity contribution in [2.75, 3.05) is 14.1 Å². The highest BCUT2D eigenvalue weighted by Crippen LogP contribution is 2.10. The van der Waals surface area contributed by atoms with E-state index in [0.29, 0.717) is 0 Å². The van der Waals surface area contributed by atoms with Crippen molar-refractivity contribution in [2.24, 2.45) is 0 Å². The number of nitrogens with zero attached hydrogens (tertiary/aromatic N) is 2. The number of carbonyl (C=O) groups excluding carboxylic acids is 1. The lowest BCUT2D eigenvalue weighted by Crippen LogP contribution is -2.16. The summed E-state index contributed by atoms with van der Waals surface area (Å²) in [6.45, 7) is 4.03. The van der Waals surface area contributed by atoms with Crippen LogP contribution in [-0.4, -0.2) is 31.1 Å². The molecule has 0 aliphatic carbocycles. The van der Waals surface area contributed by atoms with Gasteiger partial charge in [-0.2, -0.15) is 5.26 Å². The summed E-state index contributed by atoms with van der Waals surface area (Å²) in [6, 6.07) is 1.87. The number of allylic oxidation sites excluding steroid dienone is 2. The van der Waals surface area contributed by atoms with Crippen molar-refractivity contribution in [2.45, 2.75) is 52.1 Å². The fourth-order valence-corrected chi connectivity index (χ4v) is 1.63. The monoisotopic (exact) mass is 278 g/mol. The molecule has 0 N–H and O–H groups in total. The molecule has 0 spiro atoms. The van der Waals surface area contributed by atoms with Crippen LogP contribution in [0.2, 0.25) is 0 Å². The van der Waals surface area contributed by atoms with Gasteiger partial charge in [0, 0.05) is 14.1 Å². The molecule has 0 saturated carbocycles. The predicted molar refractivity (Wildman–Crippen MR) is 80.8 cm³/mol. The minimum absolute atomic E-state index is 0.0310. The zero-order valence-corrected chi connectivity index (χ0v) is 13.1. The lowest BCUT2D eigenvalue weighted by atomic mass is 10.1. The molecule has 0 aromatic carbocycles. The largest absolute Gasteiger partial charge is 0.459 e. The fraction of sp³-hybridized carbons (Fsp3) is 0.625. The number of unbranched alkanes of at least 4 members (excludes halogenated alkanes) is 3. The minimum Gasteiger partial charge on any atom is -0.459 e. The van der Waals surface area contributed by atoms with E-state index in [0.717, 1.165) is 19.3 Å². The lowest BCUT2D eigenvalue weighted by Gasteiger charge is -2.12. The molecule has 0 radical (unpaired) electrons. The van der Waals surface area contributed by atoms with Gasteiger partial charge in [-0.15, -0.1) is 0 Å². The maximum Gasteiger partial charge on any atom is 0.349 e. The van der Waals surface area contributed by atoms with Gasteiger partial charge in [0.25, 0.3) is 0 Å².